The second-order valence-corrected chi connectivity index (χ2v) is 5.74. The molecule has 2 aromatic carbocycles. The van der Waals surface area contributed by atoms with E-state index in [0.29, 0.717) is 5.92 Å². The zero-order valence-electron chi connectivity index (χ0n) is 12.6. The Morgan fingerprint density at radius 2 is 1.90 bits per heavy atom. The highest BCUT2D eigenvalue weighted by atomic mass is 16.5. The molecular weight excluding hydrogens is 258 g/mol. The number of hydrogen-bond donors (Lipinski definition) is 1. The predicted molar refractivity (Wildman–Crippen MR) is 88.2 cm³/mol. The molecule has 3 rings (SSSR count). The minimum atomic E-state index is 0.709. The maximum atomic E-state index is 5.20. The van der Waals surface area contributed by atoms with Gasteiger partial charge >= 0.3 is 0 Å². The van der Waals surface area contributed by atoms with Crippen LogP contribution in [0.5, 0.6) is 5.75 Å². The zero-order chi connectivity index (χ0) is 14.5. The molecule has 1 atom stereocenters. The Bertz CT molecular complexity index is 576. The molecule has 110 valence electrons. The molecule has 2 nitrogen and oxygen atoms in total. The SMILES string of the molecule is COc1ccc(CCCC2CCNc3ccccc32)cc1. The van der Waals surface area contributed by atoms with Crippen molar-refractivity contribution in [1.29, 1.82) is 0 Å². The summed E-state index contributed by atoms with van der Waals surface area (Å²) in [5.41, 5.74) is 4.23. The van der Waals surface area contributed by atoms with E-state index in [0.717, 1.165) is 18.7 Å². The number of hydrogen-bond acceptors (Lipinski definition) is 2. The first-order valence-corrected chi connectivity index (χ1v) is 7.82. The molecule has 0 radical (unpaired) electrons. The van der Waals surface area contributed by atoms with E-state index >= 15 is 0 Å². The van der Waals surface area contributed by atoms with E-state index in [1.54, 1.807) is 7.11 Å². The Morgan fingerprint density at radius 1 is 1.10 bits per heavy atom. The largest absolute Gasteiger partial charge is 0.497 e. The van der Waals surface area contributed by atoms with Crippen LogP contribution in [-0.2, 0) is 6.42 Å². The summed E-state index contributed by atoms with van der Waals surface area (Å²) in [4.78, 5) is 0. The van der Waals surface area contributed by atoms with Crippen molar-refractivity contribution in [1.82, 2.24) is 0 Å². The molecule has 0 saturated carbocycles. The summed E-state index contributed by atoms with van der Waals surface area (Å²) in [5.74, 6) is 1.65. The molecule has 0 spiro atoms. The first-order chi connectivity index (χ1) is 10.4. The minimum Gasteiger partial charge on any atom is -0.497 e. The van der Waals surface area contributed by atoms with Crippen LogP contribution in [0.3, 0.4) is 0 Å². The highest BCUT2D eigenvalue weighted by Crippen LogP contribution is 2.34. The lowest BCUT2D eigenvalue weighted by Crippen LogP contribution is -2.16. The van der Waals surface area contributed by atoms with Crippen LogP contribution in [0.1, 0.15) is 36.3 Å². The maximum absolute atomic E-state index is 5.20. The van der Waals surface area contributed by atoms with Gasteiger partial charge in [0, 0.05) is 12.2 Å². The lowest BCUT2D eigenvalue weighted by atomic mass is 9.86. The molecule has 0 saturated heterocycles. The van der Waals surface area contributed by atoms with Crippen LogP contribution < -0.4 is 10.1 Å². The van der Waals surface area contributed by atoms with Gasteiger partial charge in [0.25, 0.3) is 0 Å². The van der Waals surface area contributed by atoms with Gasteiger partial charge in [-0.25, -0.2) is 0 Å². The lowest BCUT2D eigenvalue weighted by molar-refractivity contribution is 0.414. The van der Waals surface area contributed by atoms with Crippen molar-refractivity contribution < 1.29 is 4.74 Å². The van der Waals surface area contributed by atoms with Crippen molar-refractivity contribution in [2.75, 3.05) is 19.0 Å². The summed E-state index contributed by atoms with van der Waals surface area (Å²) in [7, 11) is 1.71. The first-order valence-electron chi connectivity index (χ1n) is 7.82. The Kier molecular flexibility index (Phi) is 4.44. The van der Waals surface area contributed by atoms with E-state index in [2.05, 4.69) is 53.8 Å². The van der Waals surface area contributed by atoms with Gasteiger partial charge in [-0.3, -0.25) is 0 Å². The van der Waals surface area contributed by atoms with E-state index in [1.165, 1.54) is 36.1 Å². The van der Waals surface area contributed by atoms with Gasteiger partial charge in [0.2, 0.25) is 0 Å². The molecule has 21 heavy (non-hydrogen) atoms. The summed E-state index contributed by atoms with van der Waals surface area (Å²) in [5, 5.41) is 3.50. The molecule has 0 aliphatic carbocycles. The van der Waals surface area contributed by atoms with E-state index < -0.39 is 0 Å². The fraction of sp³-hybridized carbons (Fsp3) is 0.368. The molecule has 1 aliphatic heterocycles. The topological polar surface area (TPSA) is 21.3 Å². The summed E-state index contributed by atoms with van der Waals surface area (Å²) in [6, 6.07) is 17.2. The molecule has 2 heteroatoms. The molecule has 0 fully saturated rings. The van der Waals surface area contributed by atoms with Gasteiger partial charge in [-0.15, -0.1) is 0 Å². The number of rotatable bonds is 5. The van der Waals surface area contributed by atoms with Crippen molar-refractivity contribution >= 4 is 5.69 Å². The Labute approximate surface area is 127 Å². The van der Waals surface area contributed by atoms with Crippen LogP contribution >= 0.6 is 0 Å². The quantitative estimate of drug-likeness (QED) is 0.863. The number of fused-ring (bicyclic) bond motifs is 1. The first kappa shape index (κ1) is 14.0. The number of ether oxygens (including phenoxy) is 1. The van der Waals surface area contributed by atoms with E-state index in [-0.39, 0.29) is 0 Å². The van der Waals surface area contributed by atoms with Crippen LogP contribution in [0.2, 0.25) is 0 Å². The van der Waals surface area contributed by atoms with E-state index in [9.17, 15) is 0 Å². The number of methoxy groups -OCH3 is 1. The third-order valence-electron chi connectivity index (χ3n) is 4.39. The molecule has 2 aromatic rings. The normalized spacial score (nSPS) is 16.9. The van der Waals surface area contributed by atoms with E-state index in [4.69, 9.17) is 4.74 Å². The van der Waals surface area contributed by atoms with Gasteiger partial charge in [0.1, 0.15) is 5.75 Å². The summed E-state index contributed by atoms with van der Waals surface area (Å²) >= 11 is 0. The average Bonchev–Trinajstić information content (AvgIpc) is 2.56. The van der Waals surface area contributed by atoms with Gasteiger partial charge in [0.05, 0.1) is 7.11 Å². The number of nitrogens with one attached hydrogen (secondary N) is 1. The second kappa shape index (κ2) is 6.66. The van der Waals surface area contributed by atoms with Crippen molar-refractivity contribution in [3.8, 4) is 5.75 Å². The summed E-state index contributed by atoms with van der Waals surface area (Å²) in [6.07, 6.45) is 4.91. The Morgan fingerprint density at radius 3 is 2.71 bits per heavy atom. The minimum absolute atomic E-state index is 0.709. The Hall–Kier alpha value is -1.96. The number of para-hydroxylation sites is 1. The summed E-state index contributed by atoms with van der Waals surface area (Å²) < 4.78 is 5.20. The highest BCUT2D eigenvalue weighted by Gasteiger charge is 2.18. The molecule has 1 aliphatic rings. The third kappa shape index (κ3) is 3.38. The standard InChI is InChI=1S/C19H23NO/c1-21-17-11-9-15(10-12-17)5-4-6-16-13-14-20-19-8-3-2-7-18(16)19/h2-3,7-12,16,20H,4-6,13-14H2,1H3. The van der Waals surface area contributed by atoms with Crippen LogP contribution in [0, 0.1) is 0 Å². The van der Waals surface area contributed by atoms with Crippen molar-refractivity contribution in [3.63, 3.8) is 0 Å². The molecule has 1 N–H and O–H groups in total. The Balaban J connectivity index is 1.56. The number of benzene rings is 2. The van der Waals surface area contributed by atoms with Gasteiger partial charge < -0.3 is 10.1 Å². The zero-order valence-corrected chi connectivity index (χ0v) is 12.6. The lowest BCUT2D eigenvalue weighted by Gasteiger charge is -2.26. The second-order valence-electron chi connectivity index (χ2n) is 5.74. The predicted octanol–water partition coefficient (Wildman–Crippen LogP) is 4.62. The molecule has 1 unspecified atom stereocenters. The van der Waals surface area contributed by atoms with E-state index in [1.807, 2.05) is 0 Å². The van der Waals surface area contributed by atoms with Crippen LogP contribution in [0.15, 0.2) is 48.5 Å². The van der Waals surface area contributed by atoms with Gasteiger partial charge in [0.15, 0.2) is 0 Å². The molecule has 0 aromatic heterocycles. The number of aryl methyl sites for hydroxylation is 1. The molecular formula is C19H23NO. The van der Waals surface area contributed by atoms with Crippen molar-refractivity contribution in [3.05, 3.63) is 59.7 Å². The third-order valence-corrected chi connectivity index (χ3v) is 4.39. The molecule has 0 amide bonds. The van der Waals surface area contributed by atoms with Crippen molar-refractivity contribution in [2.24, 2.45) is 0 Å². The fourth-order valence-corrected chi connectivity index (χ4v) is 3.20. The summed E-state index contributed by atoms with van der Waals surface area (Å²) in [6.45, 7) is 1.10. The fourth-order valence-electron chi connectivity index (χ4n) is 3.20. The van der Waals surface area contributed by atoms with Gasteiger partial charge in [-0.05, 0) is 60.9 Å². The smallest absolute Gasteiger partial charge is 0.118 e. The van der Waals surface area contributed by atoms with Crippen LogP contribution in [0.25, 0.3) is 0 Å². The van der Waals surface area contributed by atoms with Crippen LogP contribution in [-0.4, -0.2) is 13.7 Å². The highest BCUT2D eigenvalue weighted by molar-refractivity contribution is 5.54. The maximum Gasteiger partial charge on any atom is 0.118 e. The van der Waals surface area contributed by atoms with Gasteiger partial charge in [-0.1, -0.05) is 30.3 Å². The average molecular weight is 281 g/mol. The monoisotopic (exact) mass is 281 g/mol. The van der Waals surface area contributed by atoms with Crippen molar-refractivity contribution in [2.45, 2.75) is 31.6 Å². The van der Waals surface area contributed by atoms with Crippen LogP contribution in [0.4, 0.5) is 5.69 Å². The van der Waals surface area contributed by atoms with Gasteiger partial charge in [-0.2, -0.15) is 0 Å². The number of anilines is 1. The molecule has 1 heterocycles. The molecule has 0 bridgehead atoms.